The van der Waals surface area contributed by atoms with Crippen LogP contribution >= 0.6 is 23.6 Å². The van der Waals surface area contributed by atoms with Crippen molar-refractivity contribution in [2.24, 2.45) is 0 Å². The Hall–Kier alpha value is -1.80. The largest absolute Gasteiger partial charge is 0.399 e. The summed E-state index contributed by atoms with van der Waals surface area (Å²) in [5, 5.41) is 17.8. The Kier molecular flexibility index (Phi) is 2.67. The molecule has 0 aliphatic carbocycles. The summed E-state index contributed by atoms with van der Waals surface area (Å²) in [5.41, 5.74) is 6.18. The van der Waals surface area contributed by atoms with Crippen LogP contribution in [-0.4, -0.2) is 15.1 Å². The second-order valence-corrected chi connectivity index (χ2v) is 4.62. The van der Waals surface area contributed by atoms with E-state index in [0.29, 0.717) is 20.2 Å². The van der Waals surface area contributed by atoms with Crippen molar-refractivity contribution in [1.29, 1.82) is 0 Å². The SMILES string of the molecule is Nc1ccc(-c2n[nH]c(=S)s2)c([N+](=O)[O-])c1. The van der Waals surface area contributed by atoms with Crippen molar-refractivity contribution in [1.82, 2.24) is 10.2 Å². The van der Waals surface area contributed by atoms with Gasteiger partial charge in [0.1, 0.15) is 0 Å². The number of benzene rings is 1. The van der Waals surface area contributed by atoms with E-state index in [4.69, 9.17) is 18.0 Å². The fourth-order valence-corrected chi connectivity index (χ4v) is 2.15. The summed E-state index contributed by atoms with van der Waals surface area (Å²) in [5.74, 6) is 0. The number of anilines is 1. The van der Waals surface area contributed by atoms with Gasteiger partial charge in [0.2, 0.25) is 0 Å². The Labute approximate surface area is 98.9 Å². The Morgan fingerprint density at radius 1 is 1.56 bits per heavy atom. The number of hydrogen-bond donors (Lipinski definition) is 2. The molecule has 6 nitrogen and oxygen atoms in total. The van der Waals surface area contributed by atoms with Crippen molar-refractivity contribution in [3.05, 3.63) is 32.3 Å². The third-order valence-electron chi connectivity index (χ3n) is 1.89. The Balaban J connectivity index is 2.64. The molecule has 0 spiro atoms. The van der Waals surface area contributed by atoms with Gasteiger partial charge < -0.3 is 5.73 Å². The van der Waals surface area contributed by atoms with Crippen molar-refractivity contribution < 1.29 is 4.92 Å². The van der Waals surface area contributed by atoms with E-state index in [2.05, 4.69) is 10.2 Å². The van der Waals surface area contributed by atoms with Crippen molar-refractivity contribution in [3.8, 4) is 10.6 Å². The molecule has 1 aromatic heterocycles. The molecule has 3 N–H and O–H groups in total. The average Bonchev–Trinajstić information content (AvgIpc) is 2.64. The number of aromatic nitrogens is 2. The van der Waals surface area contributed by atoms with Gasteiger partial charge in [-0.05, 0) is 24.4 Å². The molecule has 0 radical (unpaired) electrons. The first kappa shape index (κ1) is 10.7. The molecule has 1 aromatic carbocycles. The highest BCUT2D eigenvalue weighted by atomic mass is 32.1. The molecule has 0 amide bonds. The third kappa shape index (κ3) is 1.92. The van der Waals surface area contributed by atoms with E-state index in [1.807, 2.05) is 0 Å². The summed E-state index contributed by atoms with van der Waals surface area (Å²) in [6.07, 6.45) is 0. The molecular formula is C8H6N4O2S2. The van der Waals surface area contributed by atoms with Gasteiger partial charge in [0, 0.05) is 11.8 Å². The number of hydrogen-bond acceptors (Lipinski definition) is 6. The first-order valence-electron chi connectivity index (χ1n) is 4.18. The van der Waals surface area contributed by atoms with Crippen LogP contribution in [0.5, 0.6) is 0 Å². The van der Waals surface area contributed by atoms with Gasteiger partial charge in [-0.15, -0.1) is 0 Å². The molecule has 16 heavy (non-hydrogen) atoms. The normalized spacial score (nSPS) is 10.2. The van der Waals surface area contributed by atoms with E-state index in [0.717, 1.165) is 0 Å². The molecular weight excluding hydrogens is 248 g/mol. The molecule has 0 bridgehead atoms. The van der Waals surface area contributed by atoms with Gasteiger partial charge in [0.15, 0.2) is 8.96 Å². The zero-order valence-corrected chi connectivity index (χ0v) is 9.47. The van der Waals surface area contributed by atoms with Crippen molar-refractivity contribution in [2.75, 3.05) is 5.73 Å². The van der Waals surface area contributed by atoms with Crippen LogP contribution in [0.15, 0.2) is 18.2 Å². The van der Waals surface area contributed by atoms with Gasteiger partial charge in [-0.25, -0.2) is 0 Å². The Morgan fingerprint density at radius 2 is 2.31 bits per heavy atom. The van der Waals surface area contributed by atoms with Crippen LogP contribution in [0.3, 0.4) is 0 Å². The van der Waals surface area contributed by atoms with E-state index >= 15 is 0 Å². The Bertz CT molecular complexity index is 604. The maximum atomic E-state index is 10.8. The zero-order valence-electron chi connectivity index (χ0n) is 7.84. The zero-order chi connectivity index (χ0) is 11.7. The number of nitrogen functional groups attached to an aromatic ring is 1. The number of aromatic amines is 1. The molecule has 0 saturated carbocycles. The highest BCUT2D eigenvalue weighted by Crippen LogP contribution is 2.32. The van der Waals surface area contributed by atoms with Crippen LogP contribution in [0.1, 0.15) is 0 Å². The van der Waals surface area contributed by atoms with E-state index in [1.54, 1.807) is 12.1 Å². The summed E-state index contributed by atoms with van der Waals surface area (Å²) in [6, 6.07) is 4.46. The van der Waals surface area contributed by atoms with E-state index in [-0.39, 0.29) is 5.69 Å². The predicted octanol–water partition coefficient (Wildman–Crippen LogP) is 2.36. The second-order valence-electron chi connectivity index (χ2n) is 2.95. The number of nitrogens with zero attached hydrogens (tertiary/aromatic N) is 2. The lowest BCUT2D eigenvalue weighted by molar-refractivity contribution is -0.384. The van der Waals surface area contributed by atoms with Gasteiger partial charge in [-0.2, -0.15) is 5.10 Å². The van der Waals surface area contributed by atoms with E-state index in [9.17, 15) is 10.1 Å². The minimum Gasteiger partial charge on any atom is -0.399 e. The first-order valence-corrected chi connectivity index (χ1v) is 5.40. The fraction of sp³-hybridized carbons (Fsp3) is 0. The number of H-pyrrole nitrogens is 1. The fourth-order valence-electron chi connectivity index (χ4n) is 1.23. The van der Waals surface area contributed by atoms with Crippen LogP contribution in [0.25, 0.3) is 10.6 Å². The first-order chi connectivity index (χ1) is 7.58. The summed E-state index contributed by atoms with van der Waals surface area (Å²) >= 11 is 6.05. The molecule has 0 fully saturated rings. The van der Waals surface area contributed by atoms with Gasteiger partial charge in [-0.3, -0.25) is 15.2 Å². The second kappa shape index (κ2) is 3.99. The molecule has 2 rings (SSSR count). The molecule has 0 atom stereocenters. The highest BCUT2D eigenvalue weighted by Gasteiger charge is 2.17. The number of nitro groups is 1. The van der Waals surface area contributed by atoms with Gasteiger partial charge in [0.05, 0.1) is 10.5 Å². The molecule has 0 aliphatic rings. The van der Waals surface area contributed by atoms with Gasteiger partial charge in [-0.1, -0.05) is 11.3 Å². The molecule has 8 heteroatoms. The van der Waals surface area contributed by atoms with E-state index < -0.39 is 4.92 Å². The smallest absolute Gasteiger partial charge is 0.281 e. The summed E-state index contributed by atoms with van der Waals surface area (Å²) in [6.45, 7) is 0. The predicted molar refractivity (Wildman–Crippen MR) is 63.8 cm³/mol. The molecule has 0 unspecified atom stereocenters. The van der Waals surface area contributed by atoms with Crippen LogP contribution in [0, 0.1) is 14.1 Å². The highest BCUT2D eigenvalue weighted by molar-refractivity contribution is 7.73. The number of nitro benzene ring substituents is 1. The van der Waals surface area contributed by atoms with Crippen LogP contribution in [-0.2, 0) is 0 Å². The van der Waals surface area contributed by atoms with Crippen LogP contribution < -0.4 is 5.73 Å². The molecule has 1 heterocycles. The summed E-state index contributed by atoms with van der Waals surface area (Å²) in [7, 11) is 0. The minimum atomic E-state index is -0.490. The monoisotopic (exact) mass is 254 g/mol. The van der Waals surface area contributed by atoms with Crippen molar-refractivity contribution >= 4 is 34.9 Å². The molecule has 0 aliphatic heterocycles. The lowest BCUT2D eigenvalue weighted by Gasteiger charge is -1.99. The van der Waals surface area contributed by atoms with Crippen molar-refractivity contribution in [2.45, 2.75) is 0 Å². The number of nitrogens with two attached hydrogens (primary N) is 1. The molecule has 0 saturated heterocycles. The maximum Gasteiger partial charge on any atom is 0.281 e. The van der Waals surface area contributed by atoms with Crippen LogP contribution in [0.2, 0.25) is 0 Å². The average molecular weight is 254 g/mol. The number of nitrogens with one attached hydrogen (secondary N) is 1. The number of rotatable bonds is 2. The van der Waals surface area contributed by atoms with Gasteiger partial charge in [0.25, 0.3) is 5.69 Å². The maximum absolute atomic E-state index is 10.8. The Morgan fingerprint density at radius 3 is 2.88 bits per heavy atom. The lowest BCUT2D eigenvalue weighted by atomic mass is 10.2. The van der Waals surface area contributed by atoms with Gasteiger partial charge >= 0.3 is 0 Å². The lowest BCUT2D eigenvalue weighted by Crippen LogP contribution is -1.94. The molecule has 82 valence electrons. The van der Waals surface area contributed by atoms with Crippen LogP contribution in [0.4, 0.5) is 11.4 Å². The summed E-state index contributed by atoms with van der Waals surface area (Å²) < 4.78 is 0.473. The topological polar surface area (TPSA) is 97.8 Å². The van der Waals surface area contributed by atoms with Crippen molar-refractivity contribution in [3.63, 3.8) is 0 Å². The van der Waals surface area contributed by atoms with E-state index in [1.165, 1.54) is 17.4 Å². The molecule has 2 aromatic rings. The summed E-state index contributed by atoms with van der Waals surface area (Å²) in [4.78, 5) is 10.4. The standard InChI is InChI=1S/C8H6N4O2S2/c9-4-1-2-5(6(3-4)12(13)14)7-10-11-8(15)16-7/h1-3H,9H2,(H,11,15). The third-order valence-corrected chi connectivity index (χ3v) is 3.01. The minimum absolute atomic E-state index is 0.0715. The quantitative estimate of drug-likeness (QED) is 0.371.